The Hall–Kier alpha value is -1.93. The number of ether oxygens (including phenoxy) is 1. The van der Waals surface area contributed by atoms with Crippen molar-refractivity contribution in [2.24, 2.45) is 0 Å². The second kappa shape index (κ2) is 4.98. The minimum Gasteiger partial charge on any atom is -0.486 e. The number of halogens is 1. The summed E-state index contributed by atoms with van der Waals surface area (Å²) in [4.78, 5) is 0. The fourth-order valence-corrected chi connectivity index (χ4v) is 2.18. The van der Waals surface area contributed by atoms with Crippen LogP contribution in [-0.4, -0.2) is 0 Å². The second-order valence-electron chi connectivity index (χ2n) is 4.50. The van der Waals surface area contributed by atoms with E-state index in [4.69, 9.17) is 20.8 Å². The van der Waals surface area contributed by atoms with Gasteiger partial charge in [-0.3, -0.25) is 0 Å². The molecule has 1 heterocycles. The van der Waals surface area contributed by atoms with Crippen molar-refractivity contribution in [1.82, 2.24) is 0 Å². The molecule has 1 aromatic heterocycles. The molecule has 3 aromatic rings. The quantitative estimate of drug-likeness (QED) is 0.671. The van der Waals surface area contributed by atoms with Crippen molar-refractivity contribution in [3.05, 3.63) is 64.9 Å². The standard InChI is InChI=1S/C16H13ClO2/c1-11-5-6-16-12(7-11)8-15(19-16)10-18-14-4-2-3-13(17)9-14/h2-9H,10H2,1H3. The molecular weight excluding hydrogens is 260 g/mol. The molecular formula is C16H13ClO2. The number of fused-ring (bicyclic) bond motifs is 1. The van der Waals surface area contributed by atoms with Crippen LogP contribution in [0.5, 0.6) is 5.75 Å². The lowest BCUT2D eigenvalue weighted by Crippen LogP contribution is -1.93. The first-order valence-corrected chi connectivity index (χ1v) is 6.46. The fourth-order valence-electron chi connectivity index (χ4n) is 2.00. The lowest BCUT2D eigenvalue weighted by atomic mass is 10.2. The Morgan fingerprint density at radius 3 is 2.84 bits per heavy atom. The maximum absolute atomic E-state index is 5.90. The highest BCUT2D eigenvalue weighted by atomic mass is 35.5. The van der Waals surface area contributed by atoms with Crippen LogP contribution in [0.4, 0.5) is 0 Å². The monoisotopic (exact) mass is 272 g/mol. The van der Waals surface area contributed by atoms with E-state index in [1.54, 1.807) is 6.07 Å². The summed E-state index contributed by atoms with van der Waals surface area (Å²) in [5, 5.41) is 1.77. The van der Waals surface area contributed by atoms with E-state index in [1.807, 2.05) is 36.4 Å². The molecule has 0 aliphatic heterocycles. The van der Waals surface area contributed by atoms with Gasteiger partial charge in [0.2, 0.25) is 0 Å². The van der Waals surface area contributed by atoms with Gasteiger partial charge in [-0.15, -0.1) is 0 Å². The molecule has 0 atom stereocenters. The van der Waals surface area contributed by atoms with Gasteiger partial charge in [0.1, 0.15) is 23.7 Å². The molecule has 0 saturated heterocycles. The fraction of sp³-hybridized carbons (Fsp3) is 0.125. The molecule has 2 nitrogen and oxygen atoms in total. The van der Waals surface area contributed by atoms with Crippen LogP contribution in [0, 0.1) is 6.92 Å². The normalized spacial score (nSPS) is 10.8. The van der Waals surface area contributed by atoms with E-state index in [9.17, 15) is 0 Å². The van der Waals surface area contributed by atoms with Gasteiger partial charge < -0.3 is 9.15 Å². The molecule has 3 rings (SSSR count). The van der Waals surface area contributed by atoms with E-state index < -0.39 is 0 Å². The predicted octanol–water partition coefficient (Wildman–Crippen LogP) is 4.97. The topological polar surface area (TPSA) is 22.4 Å². The SMILES string of the molecule is Cc1ccc2oc(COc3cccc(Cl)c3)cc2c1. The van der Waals surface area contributed by atoms with Crippen LogP contribution in [-0.2, 0) is 6.61 Å². The van der Waals surface area contributed by atoms with Gasteiger partial charge in [0.15, 0.2) is 0 Å². The minimum atomic E-state index is 0.397. The van der Waals surface area contributed by atoms with Crippen LogP contribution in [0.2, 0.25) is 5.02 Å². The summed E-state index contributed by atoms with van der Waals surface area (Å²) in [5.74, 6) is 1.55. The highest BCUT2D eigenvalue weighted by Gasteiger charge is 2.05. The average molecular weight is 273 g/mol. The Morgan fingerprint density at radius 1 is 1.11 bits per heavy atom. The maximum Gasteiger partial charge on any atom is 0.146 e. The smallest absolute Gasteiger partial charge is 0.146 e. The lowest BCUT2D eigenvalue weighted by Gasteiger charge is -2.03. The Labute approximate surface area is 116 Å². The largest absolute Gasteiger partial charge is 0.486 e. The molecule has 0 saturated carbocycles. The zero-order valence-electron chi connectivity index (χ0n) is 10.5. The van der Waals surface area contributed by atoms with E-state index in [-0.39, 0.29) is 0 Å². The maximum atomic E-state index is 5.90. The molecule has 0 fully saturated rings. The molecule has 0 unspecified atom stereocenters. The number of aryl methyl sites for hydroxylation is 1. The molecule has 0 N–H and O–H groups in total. The third-order valence-electron chi connectivity index (χ3n) is 2.90. The van der Waals surface area contributed by atoms with Crippen LogP contribution < -0.4 is 4.74 Å². The Bertz CT molecular complexity index is 716. The van der Waals surface area contributed by atoms with Crippen LogP contribution in [0.15, 0.2) is 52.9 Å². The van der Waals surface area contributed by atoms with Crippen LogP contribution >= 0.6 is 11.6 Å². The molecule has 0 amide bonds. The Kier molecular flexibility index (Phi) is 3.18. The van der Waals surface area contributed by atoms with Crippen molar-refractivity contribution in [1.29, 1.82) is 0 Å². The average Bonchev–Trinajstić information content (AvgIpc) is 2.78. The van der Waals surface area contributed by atoms with Crippen molar-refractivity contribution < 1.29 is 9.15 Å². The Morgan fingerprint density at radius 2 is 2.00 bits per heavy atom. The first-order chi connectivity index (χ1) is 9.20. The van der Waals surface area contributed by atoms with Crippen molar-refractivity contribution in [3.63, 3.8) is 0 Å². The third kappa shape index (κ3) is 2.74. The van der Waals surface area contributed by atoms with E-state index >= 15 is 0 Å². The number of hydrogen-bond donors (Lipinski definition) is 0. The van der Waals surface area contributed by atoms with Gasteiger partial charge in [-0.05, 0) is 43.3 Å². The predicted molar refractivity (Wildman–Crippen MR) is 76.7 cm³/mol. The number of benzene rings is 2. The van der Waals surface area contributed by atoms with Crippen LogP contribution in [0.1, 0.15) is 11.3 Å². The van der Waals surface area contributed by atoms with Crippen LogP contribution in [0.3, 0.4) is 0 Å². The number of hydrogen-bond acceptors (Lipinski definition) is 2. The number of rotatable bonds is 3. The van der Waals surface area contributed by atoms with E-state index in [0.717, 1.165) is 22.5 Å². The van der Waals surface area contributed by atoms with Crippen LogP contribution in [0.25, 0.3) is 11.0 Å². The summed E-state index contributed by atoms with van der Waals surface area (Å²) in [6.45, 7) is 2.46. The minimum absolute atomic E-state index is 0.397. The first kappa shape index (κ1) is 12.1. The number of furan rings is 1. The van der Waals surface area contributed by atoms with Crippen molar-refractivity contribution >= 4 is 22.6 Å². The van der Waals surface area contributed by atoms with Gasteiger partial charge in [0, 0.05) is 10.4 Å². The summed E-state index contributed by atoms with van der Waals surface area (Å²) in [7, 11) is 0. The molecule has 2 aromatic carbocycles. The van der Waals surface area contributed by atoms with Gasteiger partial charge in [-0.2, -0.15) is 0 Å². The molecule has 0 aliphatic carbocycles. The molecule has 0 radical (unpaired) electrons. The highest BCUT2D eigenvalue weighted by molar-refractivity contribution is 6.30. The Balaban J connectivity index is 1.78. The molecule has 0 bridgehead atoms. The van der Waals surface area contributed by atoms with E-state index in [1.165, 1.54) is 5.56 Å². The summed E-state index contributed by atoms with van der Waals surface area (Å²) >= 11 is 5.90. The third-order valence-corrected chi connectivity index (χ3v) is 3.14. The van der Waals surface area contributed by atoms with Gasteiger partial charge in [0.05, 0.1) is 0 Å². The van der Waals surface area contributed by atoms with Gasteiger partial charge in [0.25, 0.3) is 0 Å². The van der Waals surface area contributed by atoms with Gasteiger partial charge in [-0.1, -0.05) is 29.3 Å². The molecule has 96 valence electrons. The summed E-state index contributed by atoms with van der Waals surface area (Å²) in [6.07, 6.45) is 0. The summed E-state index contributed by atoms with van der Waals surface area (Å²) < 4.78 is 11.4. The summed E-state index contributed by atoms with van der Waals surface area (Å²) in [5.41, 5.74) is 2.10. The molecule has 0 spiro atoms. The van der Waals surface area contributed by atoms with E-state index in [2.05, 4.69) is 13.0 Å². The highest BCUT2D eigenvalue weighted by Crippen LogP contribution is 2.23. The first-order valence-electron chi connectivity index (χ1n) is 6.08. The zero-order valence-corrected chi connectivity index (χ0v) is 11.3. The zero-order chi connectivity index (χ0) is 13.2. The summed E-state index contributed by atoms with van der Waals surface area (Å²) in [6, 6.07) is 15.5. The van der Waals surface area contributed by atoms with E-state index in [0.29, 0.717) is 11.6 Å². The van der Waals surface area contributed by atoms with Gasteiger partial charge in [-0.25, -0.2) is 0 Å². The van der Waals surface area contributed by atoms with Gasteiger partial charge >= 0.3 is 0 Å². The lowest BCUT2D eigenvalue weighted by molar-refractivity contribution is 0.274. The van der Waals surface area contributed by atoms with Crippen molar-refractivity contribution in [2.45, 2.75) is 13.5 Å². The second-order valence-corrected chi connectivity index (χ2v) is 4.94. The van der Waals surface area contributed by atoms with Crippen molar-refractivity contribution in [3.8, 4) is 5.75 Å². The molecule has 0 aliphatic rings. The van der Waals surface area contributed by atoms with Crippen molar-refractivity contribution in [2.75, 3.05) is 0 Å². The molecule has 19 heavy (non-hydrogen) atoms. The molecule has 3 heteroatoms.